The number of carbonyl (C=O) groups is 2. The molecule has 0 saturated carbocycles. The molecule has 0 spiro atoms. The van der Waals surface area contributed by atoms with Crippen LogP contribution in [-0.2, 0) is 14.8 Å². The van der Waals surface area contributed by atoms with Crippen LogP contribution in [0.5, 0.6) is 0 Å². The van der Waals surface area contributed by atoms with Crippen molar-refractivity contribution in [2.45, 2.75) is 44.2 Å². The van der Waals surface area contributed by atoms with Crippen LogP contribution in [0.25, 0.3) is 0 Å². The van der Waals surface area contributed by atoms with Crippen LogP contribution in [0.4, 0.5) is 11.4 Å². The Morgan fingerprint density at radius 3 is 2.46 bits per heavy atom. The summed E-state index contributed by atoms with van der Waals surface area (Å²) in [5.41, 5.74) is 4.35. The third-order valence-electron chi connectivity index (χ3n) is 7.12. The van der Waals surface area contributed by atoms with Crippen LogP contribution in [0.15, 0.2) is 71.6 Å². The zero-order valence-electron chi connectivity index (χ0n) is 21.0. The first kappa shape index (κ1) is 25.2. The van der Waals surface area contributed by atoms with Crippen LogP contribution in [0.2, 0.25) is 0 Å². The van der Waals surface area contributed by atoms with E-state index in [0.29, 0.717) is 23.4 Å². The molecule has 0 radical (unpaired) electrons. The monoisotopic (exact) mass is 518 g/mol. The molecule has 3 atom stereocenters. The van der Waals surface area contributed by atoms with E-state index in [1.165, 1.54) is 19.1 Å². The number of hydrogen-bond acceptors (Lipinski definition) is 6. The van der Waals surface area contributed by atoms with Gasteiger partial charge in [0, 0.05) is 46.5 Å². The van der Waals surface area contributed by atoms with Gasteiger partial charge in [0.15, 0.2) is 11.6 Å². The van der Waals surface area contributed by atoms with Crippen LogP contribution in [0.3, 0.4) is 0 Å². The molecule has 192 valence electrons. The highest BCUT2D eigenvalue weighted by Gasteiger charge is 2.41. The van der Waals surface area contributed by atoms with Crippen molar-refractivity contribution >= 4 is 33.0 Å². The minimum atomic E-state index is -3.88. The average molecular weight is 519 g/mol. The Morgan fingerprint density at radius 1 is 1.00 bits per heavy atom. The summed E-state index contributed by atoms with van der Waals surface area (Å²) in [5, 5.41) is 3.62. The van der Waals surface area contributed by atoms with Gasteiger partial charge in [-0.1, -0.05) is 50.2 Å². The van der Waals surface area contributed by atoms with Crippen molar-refractivity contribution in [1.82, 2.24) is 0 Å². The fourth-order valence-corrected chi connectivity index (χ4v) is 6.25. The molecule has 8 heteroatoms. The van der Waals surface area contributed by atoms with Gasteiger partial charge in [-0.3, -0.25) is 14.3 Å². The lowest BCUT2D eigenvalue weighted by atomic mass is 9.80. The Balaban J connectivity index is 1.41. The molecule has 2 N–H and O–H groups in total. The highest BCUT2D eigenvalue weighted by Crippen LogP contribution is 2.50. The molecule has 2 aliphatic rings. The number of anilines is 2. The molecule has 3 aromatic rings. The summed E-state index contributed by atoms with van der Waals surface area (Å²) in [6.45, 7) is 5.81. The predicted octanol–water partition coefficient (Wildman–Crippen LogP) is 5.77. The smallest absolute Gasteiger partial charge is 0.261 e. The fraction of sp³-hybridized carbons (Fsp3) is 0.310. The lowest BCUT2D eigenvalue weighted by Crippen LogP contribution is -2.29. The molecule has 7 nitrogen and oxygen atoms in total. The van der Waals surface area contributed by atoms with Gasteiger partial charge in [0.25, 0.3) is 10.0 Å². The lowest BCUT2D eigenvalue weighted by molar-refractivity contribution is 0.0829. The van der Waals surface area contributed by atoms with Gasteiger partial charge >= 0.3 is 0 Å². The number of hydrogen-bond donors (Lipinski definition) is 2. The largest absolute Gasteiger partial charge is 0.378 e. The van der Waals surface area contributed by atoms with Crippen molar-refractivity contribution in [2.75, 3.05) is 16.6 Å². The van der Waals surface area contributed by atoms with Gasteiger partial charge in [0.05, 0.1) is 17.0 Å². The fourth-order valence-electron chi connectivity index (χ4n) is 5.15. The number of carbonyl (C=O) groups excluding carboxylic acids is 2. The van der Waals surface area contributed by atoms with Crippen molar-refractivity contribution in [3.05, 3.63) is 89.0 Å². The van der Waals surface area contributed by atoms with E-state index in [9.17, 15) is 18.0 Å². The molecular formula is C29H30N2O5S. The first-order valence-corrected chi connectivity index (χ1v) is 13.9. The lowest BCUT2D eigenvalue weighted by Gasteiger charge is -2.36. The van der Waals surface area contributed by atoms with Crippen LogP contribution in [0.1, 0.15) is 71.2 Å². The zero-order valence-corrected chi connectivity index (χ0v) is 21.8. The number of ether oxygens (including phenoxy) is 1. The van der Waals surface area contributed by atoms with Gasteiger partial charge in [-0.25, -0.2) is 8.42 Å². The molecular weight excluding hydrogens is 488 g/mol. The second-order valence-corrected chi connectivity index (χ2v) is 11.7. The summed E-state index contributed by atoms with van der Waals surface area (Å²) in [7, 11) is -3.88. The number of sulfonamides is 1. The molecule has 2 aliphatic heterocycles. The van der Waals surface area contributed by atoms with Crippen LogP contribution in [-0.4, -0.2) is 26.6 Å². The first-order chi connectivity index (χ1) is 17.6. The van der Waals surface area contributed by atoms with E-state index < -0.39 is 10.0 Å². The first-order valence-electron chi connectivity index (χ1n) is 12.4. The van der Waals surface area contributed by atoms with E-state index in [1.807, 2.05) is 50.2 Å². The van der Waals surface area contributed by atoms with Gasteiger partial charge in [-0.15, -0.1) is 0 Å². The summed E-state index contributed by atoms with van der Waals surface area (Å²) in [4.78, 5) is 24.1. The maximum atomic E-state index is 13.0. The SMILES string of the molecule is CC(=O)c1cccc(S(=O)(=O)Nc2ccc3c(c2)C2OCCC2C(c2ccc(C(=O)C(C)C)cc2)N3)c1. The molecule has 0 aromatic heterocycles. The Morgan fingerprint density at radius 2 is 1.76 bits per heavy atom. The maximum Gasteiger partial charge on any atom is 0.261 e. The van der Waals surface area contributed by atoms with Gasteiger partial charge in [0.1, 0.15) is 0 Å². The second-order valence-electron chi connectivity index (χ2n) is 10.00. The molecule has 0 aliphatic carbocycles. The summed E-state index contributed by atoms with van der Waals surface area (Å²) < 4.78 is 34.8. The molecule has 1 fully saturated rings. The summed E-state index contributed by atoms with van der Waals surface area (Å²) in [5.74, 6) is 0.0386. The molecule has 2 heterocycles. The zero-order chi connectivity index (χ0) is 26.3. The minimum absolute atomic E-state index is 0.0139. The summed E-state index contributed by atoms with van der Waals surface area (Å²) >= 11 is 0. The van der Waals surface area contributed by atoms with Gasteiger partial charge in [-0.2, -0.15) is 0 Å². The Bertz CT molecular complexity index is 1460. The van der Waals surface area contributed by atoms with Crippen molar-refractivity contribution < 1.29 is 22.7 Å². The average Bonchev–Trinajstić information content (AvgIpc) is 3.38. The van der Waals surface area contributed by atoms with Gasteiger partial charge < -0.3 is 10.1 Å². The number of nitrogens with one attached hydrogen (secondary N) is 2. The van der Waals surface area contributed by atoms with Gasteiger partial charge in [0.2, 0.25) is 0 Å². The number of benzene rings is 3. The molecule has 3 aromatic carbocycles. The van der Waals surface area contributed by atoms with Crippen LogP contribution in [0, 0.1) is 11.8 Å². The van der Waals surface area contributed by atoms with E-state index in [2.05, 4.69) is 10.0 Å². The van der Waals surface area contributed by atoms with Crippen molar-refractivity contribution in [3.8, 4) is 0 Å². The maximum absolute atomic E-state index is 13.0. The highest BCUT2D eigenvalue weighted by molar-refractivity contribution is 7.92. The molecule has 3 unspecified atom stereocenters. The van der Waals surface area contributed by atoms with E-state index in [0.717, 1.165) is 23.2 Å². The Labute approximate surface area is 217 Å². The Hall–Kier alpha value is -3.49. The molecule has 37 heavy (non-hydrogen) atoms. The molecule has 0 amide bonds. The van der Waals surface area contributed by atoms with E-state index in [1.54, 1.807) is 18.2 Å². The highest BCUT2D eigenvalue weighted by atomic mass is 32.2. The van der Waals surface area contributed by atoms with E-state index in [4.69, 9.17) is 4.74 Å². The van der Waals surface area contributed by atoms with Crippen molar-refractivity contribution in [1.29, 1.82) is 0 Å². The molecule has 0 bridgehead atoms. The Kier molecular flexibility index (Phi) is 6.64. The normalized spacial score (nSPS) is 20.6. The second kappa shape index (κ2) is 9.76. The third-order valence-corrected chi connectivity index (χ3v) is 8.50. The number of ketones is 2. The summed E-state index contributed by atoms with van der Waals surface area (Å²) in [6, 6.07) is 19.2. The molecule has 5 rings (SSSR count). The quantitative estimate of drug-likeness (QED) is 0.385. The van der Waals surface area contributed by atoms with E-state index >= 15 is 0 Å². The van der Waals surface area contributed by atoms with Crippen molar-refractivity contribution in [3.63, 3.8) is 0 Å². The van der Waals surface area contributed by atoms with Crippen LogP contribution < -0.4 is 10.0 Å². The number of rotatable bonds is 7. The minimum Gasteiger partial charge on any atom is -0.378 e. The third kappa shape index (κ3) is 4.91. The standard InChI is InChI=1S/C29H30N2O5S/c1-17(2)28(33)20-9-7-19(8-10-20)27-24-13-14-36-29(24)25-16-22(11-12-26(25)30-27)31-37(34,35)23-6-4-5-21(15-23)18(3)32/h4-12,15-17,24,27,29-31H,13-14H2,1-3H3. The molecule has 1 saturated heterocycles. The van der Waals surface area contributed by atoms with E-state index in [-0.39, 0.29) is 40.4 Å². The topological polar surface area (TPSA) is 102 Å². The van der Waals surface area contributed by atoms with Crippen molar-refractivity contribution in [2.24, 2.45) is 11.8 Å². The van der Waals surface area contributed by atoms with Crippen LogP contribution >= 0.6 is 0 Å². The summed E-state index contributed by atoms with van der Waals surface area (Å²) in [6.07, 6.45) is 0.686. The van der Waals surface area contributed by atoms with Gasteiger partial charge in [-0.05, 0) is 49.2 Å². The predicted molar refractivity (Wildman–Crippen MR) is 142 cm³/mol. The number of fused-ring (bicyclic) bond motifs is 3. The number of Topliss-reactive ketones (excluding diaryl/α,β-unsaturated/α-hetero) is 2.